The van der Waals surface area contributed by atoms with Crippen LogP contribution in [0.3, 0.4) is 0 Å². The molecular formula is C10H22N4O2. The summed E-state index contributed by atoms with van der Waals surface area (Å²) >= 11 is 0. The molecule has 1 fully saturated rings. The zero-order valence-corrected chi connectivity index (χ0v) is 10.4. The van der Waals surface area contributed by atoms with Crippen LogP contribution in [-0.4, -0.2) is 22.7 Å². The second-order valence-electron chi connectivity index (χ2n) is 5.20. The Labute approximate surface area is 96.4 Å². The van der Waals surface area contributed by atoms with Crippen LogP contribution in [0.25, 0.3) is 0 Å². The van der Waals surface area contributed by atoms with Crippen LogP contribution in [-0.2, 0) is 4.84 Å². The normalized spacial score (nSPS) is 18.1. The molecule has 0 heterocycles. The first-order chi connectivity index (χ1) is 7.35. The van der Waals surface area contributed by atoms with Crippen LogP contribution in [0, 0.1) is 5.92 Å². The van der Waals surface area contributed by atoms with Gasteiger partial charge in [-0.15, -0.1) is 5.59 Å². The minimum Gasteiger partial charge on any atom is -0.276 e. The van der Waals surface area contributed by atoms with Gasteiger partial charge >= 0.3 is 6.03 Å². The molecule has 16 heavy (non-hydrogen) atoms. The lowest BCUT2D eigenvalue weighted by molar-refractivity contribution is -0.149. The summed E-state index contributed by atoms with van der Waals surface area (Å²) in [4.78, 5) is 16.9. The Bertz CT molecular complexity index is 248. The molecule has 1 saturated carbocycles. The summed E-state index contributed by atoms with van der Waals surface area (Å²) in [5, 5.41) is 1.41. The lowest BCUT2D eigenvalue weighted by Gasteiger charge is -2.31. The van der Waals surface area contributed by atoms with Crippen molar-refractivity contribution in [3.63, 3.8) is 0 Å². The van der Waals surface area contributed by atoms with Gasteiger partial charge < -0.3 is 0 Å². The van der Waals surface area contributed by atoms with Gasteiger partial charge in [-0.1, -0.05) is 0 Å². The molecule has 1 aliphatic carbocycles. The largest absolute Gasteiger partial charge is 0.347 e. The van der Waals surface area contributed by atoms with Crippen molar-refractivity contribution in [2.75, 3.05) is 0 Å². The molecule has 0 saturated heterocycles. The summed E-state index contributed by atoms with van der Waals surface area (Å²) in [6.45, 7) is 7.69. The number of amides is 2. The van der Waals surface area contributed by atoms with E-state index in [9.17, 15) is 4.79 Å². The van der Waals surface area contributed by atoms with E-state index in [1.165, 1.54) is 5.01 Å². The number of rotatable bonds is 4. The standard InChI is InChI=1S/C10H22N4O2/c1-7(8-5-6-8)14(9(15)12-11)13-16-10(2,3)4/h7-8,13H,5-6,11H2,1-4H3,(H,12,15). The molecule has 6 nitrogen and oxygen atoms in total. The third-order valence-electron chi connectivity index (χ3n) is 2.50. The quantitative estimate of drug-likeness (QED) is 0.381. The van der Waals surface area contributed by atoms with Crippen LogP contribution >= 0.6 is 0 Å². The molecule has 94 valence electrons. The van der Waals surface area contributed by atoms with E-state index in [1.54, 1.807) is 0 Å². The van der Waals surface area contributed by atoms with Crippen molar-refractivity contribution < 1.29 is 9.63 Å². The van der Waals surface area contributed by atoms with Crippen LogP contribution in [0.5, 0.6) is 0 Å². The number of urea groups is 1. The van der Waals surface area contributed by atoms with Gasteiger partial charge in [0.15, 0.2) is 0 Å². The van der Waals surface area contributed by atoms with Crippen LogP contribution in [0.2, 0.25) is 0 Å². The molecule has 0 aromatic rings. The van der Waals surface area contributed by atoms with Crippen LogP contribution in [0.4, 0.5) is 4.79 Å². The third kappa shape index (κ3) is 3.96. The van der Waals surface area contributed by atoms with E-state index in [4.69, 9.17) is 10.7 Å². The fourth-order valence-corrected chi connectivity index (χ4v) is 1.35. The van der Waals surface area contributed by atoms with E-state index >= 15 is 0 Å². The molecule has 1 aliphatic rings. The van der Waals surface area contributed by atoms with Gasteiger partial charge in [0.25, 0.3) is 0 Å². The van der Waals surface area contributed by atoms with Crippen molar-refractivity contribution in [3.05, 3.63) is 0 Å². The number of nitrogens with one attached hydrogen (secondary N) is 2. The van der Waals surface area contributed by atoms with E-state index in [0.717, 1.165) is 12.8 Å². The van der Waals surface area contributed by atoms with Crippen LogP contribution in [0.1, 0.15) is 40.5 Å². The molecule has 1 unspecified atom stereocenters. The molecule has 0 aliphatic heterocycles. The number of carbonyl (C=O) groups excluding carboxylic acids is 1. The molecule has 0 aromatic carbocycles. The van der Waals surface area contributed by atoms with Gasteiger partial charge in [0, 0.05) is 0 Å². The van der Waals surface area contributed by atoms with Crippen molar-refractivity contribution >= 4 is 6.03 Å². The number of nitrogens with zero attached hydrogens (tertiary/aromatic N) is 1. The van der Waals surface area contributed by atoms with E-state index in [2.05, 4.69) is 11.0 Å². The van der Waals surface area contributed by atoms with E-state index < -0.39 is 0 Å². The molecule has 4 N–H and O–H groups in total. The number of carbonyl (C=O) groups is 1. The molecule has 1 atom stereocenters. The molecule has 0 bridgehead atoms. The summed E-state index contributed by atoms with van der Waals surface area (Å²) in [5.74, 6) is 5.67. The van der Waals surface area contributed by atoms with E-state index in [0.29, 0.717) is 5.92 Å². The Morgan fingerprint density at radius 2 is 2.06 bits per heavy atom. The highest BCUT2D eigenvalue weighted by atomic mass is 16.7. The number of hydrogen-bond acceptors (Lipinski definition) is 4. The number of hydrogen-bond donors (Lipinski definition) is 3. The highest BCUT2D eigenvalue weighted by molar-refractivity contribution is 5.73. The summed E-state index contributed by atoms with van der Waals surface area (Å²) in [6.07, 6.45) is 2.29. The fraction of sp³-hybridized carbons (Fsp3) is 0.900. The second-order valence-corrected chi connectivity index (χ2v) is 5.20. The molecule has 0 aromatic heterocycles. The topological polar surface area (TPSA) is 79.6 Å². The van der Waals surface area contributed by atoms with E-state index in [1.807, 2.05) is 27.7 Å². The summed E-state index contributed by atoms with van der Waals surface area (Å²) in [6, 6.07) is -0.311. The maximum Gasteiger partial charge on any atom is 0.347 e. The van der Waals surface area contributed by atoms with Gasteiger partial charge in [-0.25, -0.2) is 15.6 Å². The Hall–Kier alpha value is -0.850. The summed E-state index contributed by atoms with van der Waals surface area (Å²) < 4.78 is 0. The Balaban J connectivity index is 2.53. The maximum absolute atomic E-state index is 11.5. The molecule has 0 spiro atoms. The highest BCUT2D eigenvalue weighted by Gasteiger charge is 2.35. The molecule has 1 rings (SSSR count). The summed E-state index contributed by atoms with van der Waals surface area (Å²) in [5.41, 5.74) is 4.42. The van der Waals surface area contributed by atoms with Crippen molar-refractivity contribution in [1.82, 2.24) is 16.0 Å². The lowest BCUT2D eigenvalue weighted by atomic mass is 10.2. The number of nitrogens with two attached hydrogens (primary N) is 1. The third-order valence-corrected chi connectivity index (χ3v) is 2.50. The predicted octanol–water partition coefficient (Wildman–Crippen LogP) is 0.905. The van der Waals surface area contributed by atoms with Crippen molar-refractivity contribution in [2.24, 2.45) is 11.8 Å². The van der Waals surface area contributed by atoms with Gasteiger partial charge in [0.2, 0.25) is 0 Å². The second kappa shape index (κ2) is 4.99. The maximum atomic E-state index is 11.5. The monoisotopic (exact) mass is 230 g/mol. The first-order valence-electron chi connectivity index (χ1n) is 5.58. The Kier molecular flexibility index (Phi) is 4.12. The highest BCUT2D eigenvalue weighted by Crippen LogP contribution is 2.34. The van der Waals surface area contributed by atoms with Crippen molar-refractivity contribution in [2.45, 2.75) is 52.2 Å². The smallest absolute Gasteiger partial charge is 0.276 e. The van der Waals surface area contributed by atoms with Crippen LogP contribution in [0.15, 0.2) is 0 Å². The van der Waals surface area contributed by atoms with E-state index in [-0.39, 0.29) is 17.7 Å². The molecular weight excluding hydrogens is 208 g/mol. The zero-order chi connectivity index (χ0) is 12.3. The average Bonchev–Trinajstić information content (AvgIpc) is 2.98. The summed E-state index contributed by atoms with van der Waals surface area (Å²) in [7, 11) is 0. The average molecular weight is 230 g/mol. The number of hydrazine groups is 2. The van der Waals surface area contributed by atoms with Gasteiger partial charge in [-0.3, -0.25) is 10.3 Å². The van der Waals surface area contributed by atoms with Crippen molar-refractivity contribution in [3.8, 4) is 0 Å². The lowest BCUT2D eigenvalue weighted by Crippen LogP contribution is -2.56. The van der Waals surface area contributed by atoms with Gasteiger partial charge in [-0.05, 0) is 46.5 Å². The van der Waals surface area contributed by atoms with Crippen LogP contribution < -0.4 is 16.9 Å². The minimum atomic E-state index is -0.386. The zero-order valence-electron chi connectivity index (χ0n) is 10.4. The predicted molar refractivity (Wildman–Crippen MR) is 60.7 cm³/mol. The first-order valence-corrected chi connectivity index (χ1v) is 5.58. The molecule has 0 radical (unpaired) electrons. The van der Waals surface area contributed by atoms with Gasteiger partial charge in [-0.2, -0.15) is 0 Å². The fourth-order valence-electron chi connectivity index (χ4n) is 1.35. The molecule has 6 heteroatoms. The van der Waals surface area contributed by atoms with Gasteiger partial charge in [0.1, 0.15) is 0 Å². The SMILES string of the molecule is CC(C1CC1)N(NOC(C)(C)C)C(=O)NN. The van der Waals surface area contributed by atoms with Gasteiger partial charge in [0.05, 0.1) is 11.6 Å². The molecule has 2 amide bonds. The Morgan fingerprint density at radius 1 is 1.50 bits per heavy atom. The Morgan fingerprint density at radius 3 is 2.44 bits per heavy atom. The van der Waals surface area contributed by atoms with Crippen molar-refractivity contribution in [1.29, 1.82) is 0 Å². The minimum absolute atomic E-state index is 0.0749. The first kappa shape index (κ1) is 13.2.